The molecule has 2 amide bonds. The van der Waals surface area contributed by atoms with Gasteiger partial charge in [0.25, 0.3) is 15.9 Å². The van der Waals surface area contributed by atoms with E-state index in [1.165, 1.54) is 37.3 Å². The fraction of sp³-hybridized carbons (Fsp3) is 0.333. The Morgan fingerprint density at radius 2 is 1.71 bits per heavy atom. The highest BCUT2D eigenvalue weighted by molar-refractivity contribution is 7.92. The second-order valence-electron chi connectivity index (χ2n) is 7.04. The van der Waals surface area contributed by atoms with Crippen molar-refractivity contribution in [1.29, 1.82) is 0 Å². The minimum Gasteiger partial charge on any atom is -0.481 e. The third kappa shape index (κ3) is 6.19. The van der Waals surface area contributed by atoms with Crippen LogP contribution in [0.4, 0.5) is 11.4 Å². The van der Waals surface area contributed by atoms with Gasteiger partial charge in [-0.05, 0) is 49.4 Å². The highest BCUT2D eigenvalue weighted by Gasteiger charge is 2.24. The summed E-state index contributed by atoms with van der Waals surface area (Å²) in [6.45, 7) is 5.09. The number of sulfonamides is 1. The van der Waals surface area contributed by atoms with Crippen molar-refractivity contribution in [2.45, 2.75) is 24.8 Å². The zero-order valence-corrected chi connectivity index (χ0v) is 18.1. The third-order valence-corrected chi connectivity index (χ3v) is 5.95. The third-order valence-electron chi connectivity index (χ3n) is 4.55. The standard InChI is InChI=1S/C21H25N3O6S/c1-15(21(26)24-10-12-29-13-11-24)30-19-6-8-20(9-7-19)31(27,28)23-18-5-3-4-17(14-18)22-16(2)25/h3-9,14-15,23H,10-13H2,1-2H3,(H,22,25)/t15-/m1/s1. The average Bonchev–Trinajstić information content (AvgIpc) is 2.73. The fourth-order valence-electron chi connectivity index (χ4n) is 3.07. The summed E-state index contributed by atoms with van der Waals surface area (Å²) in [5.41, 5.74) is 0.798. The average molecular weight is 448 g/mol. The molecule has 0 saturated carbocycles. The van der Waals surface area contributed by atoms with Crippen LogP contribution in [0.15, 0.2) is 53.4 Å². The molecule has 2 aromatic rings. The molecule has 166 valence electrons. The quantitative estimate of drug-likeness (QED) is 0.672. The fourth-order valence-corrected chi connectivity index (χ4v) is 4.12. The molecular weight excluding hydrogens is 422 g/mol. The van der Waals surface area contributed by atoms with Crippen LogP contribution >= 0.6 is 0 Å². The second-order valence-corrected chi connectivity index (χ2v) is 8.72. The smallest absolute Gasteiger partial charge is 0.263 e. The Morgan fingerprint density at radius 1 is 1.06 bits per heavy atom. The molecule has 1 heterocycles. The lowest BCUT2D eigenvalue weighted by molar-refractivity contribution is -0.142. The molecule has 0 radical (unpaired) electrons. The molecule has 10 heteroatoms. The van der Waals surface area contributed by atoms with Crippen molar-refractivity contribution in [1.82, 2.24) is 4.90 Å². The van der Waals surface area contributed by atoms with Gasteiger partial charge >= 0.3 is 0 Å². The van der Waals surface area contributed by atoms with E-state index in [1.807, 2.05) is 0 Å². The first-order valence-electron chi connectivity index (χ1n) is 9.78. The molecule has 3 rings (SSSR count). The van der Waals surface area contributed by atoms with E-state index >= 15 is 0 Å². The summed E-state index contributed by atoms with van der Waals surface area (Å²) >= 11 is 0. The number of nitrogens with one attached hydrogen (secondary N) is 2. The molecular formula is C21H25N3O6S. The number of carbonyl (C=O) groups is 2. The van der Waals surface area contributed by atoms with Gasteiger partial charge in [0.05, 0.1) is 23.8 Å². The number of morpholine rings is 1. The Labute approximate surface area is 181 Å². The van der Waals surface area contributed by atoms with Crippen LogP contribution < -0.4 is 14.8 Å². The summed E-state index contributed by atoms with van der Waals surface area (Å²) in [4.78, 5) is 25.3. The van der Waals surface area contributed by atoms with Crippen molar-refractivity contribution in [3.8, 4) is 5.75 Å². The lowest BCUT2D eigenvalue weighted by atomic mass is 10.3. The molecule has 0 aliphatic carbocycles. The zero-order chi connectivity index (χ0) is 22.4. The maximum atomic E-state index is 12.7. The predicted octanol–water partition coefficient (Wildman–Crippen LogP) is 2.07. The summed E-state index contributed by atoms with van der Waals surface area (Å²) < 4.78 is 38.7. The van der Waals surface area contributed by atoms with Crippen LogP contribution in [-0.2, 0) is 24.3 Å². The predicted molar refractivity (Wildman–Crippen MR) is 115 cm³/mol. The van der Waals surface area contributed by atoms with Crippen molar-refractivity contribution >= 4 is 33.2 Å². The second kappa shape index (κ2) is 9.80. The molecule has 0 bridgehead atoms. The van der Waals surface area contributed by atoms with E-state index < -0.39 is 16.1 Å². The molecule has 1 aliphatic rings. The van der Waals surface area contributed by atoms with Crippen LogP contribution in [0.3, 0.4) is 0 Å². The van der Waals surface area contributed by atoms with E-state index in [4.69, 9.17) is 9.47 Å². The first kappa shape index (κ1) is 22.6. The Kier molecular flexibility index (Phi) is 7.13. The largest absolute Gasteiger partial charge is 0.481 e. The van der Waals surface area contributed by atoms with Crippen LogP contribution in [0.2, 0.25) is 0 Å². The lowest BCUT2D eigenvalue weighted by Gasteiger charge is -2.29. The van der Waals surface area contributed by atoms with Gasteiger partial charge in [-0.2, -0.15) is 0 Å². The van der Waals surface area contributed by atoms with E-state index in [1.54, 1.807) is 30.0 Å². The molecule has 1 saturated heterocycles. The highest BCUT2D eigenvalue weighted by atomic mass is 32.2. The van der Waals surface area contributed by atoms with Crippen molar-refractivity contribution in [2.75, 3.05) is 36.3 Å². The number of ether oxygens (including phenoxy) is 2. The Bertz CT molecular complexity index is 1030. The molecule has 2 aromatic carbocycles. The van der Waals surface area contributed by atoms with Crippen LogP contribution in [-0.4, -0.2) is 57.5 Å². The van der Waals surface area contributed by atoms with E-state index in [0.717, 1.165) is 0 Å². The minimum atomic E-state index is -3.84. The number of nitrogens with zero attached hydrogens (tertiary/aromatic N) is 1. The first-order valence-corrected chi connectivity index (χ1v) is 11.3. The van der Waals surface area contributed by atoms with Gasteiger partial charge in [-0.3, -0.25) is 14.3 Å². The van der Waals surface area contributed by atoms with Crippen LogP contribution in [0, 0.1) is 0 Å². The van der Waals surface area contributed by atoms with Gasteiger partial charge in [-0.15, -0.1) is 0 Å². The maximum Gasteiger partial charge on any atom is 0.263 e. The van der Waals surface area contributed by atoms with Crippen LogP contribution in [0.1, 0.15) is 13.8 Å². The van der Waals surface area contributed by atoms with Gasteiger partial charge < -0.3 is 19.7 Å². The van der Waals surface area contributed by atoms with E-state index in [9.17, 15) is 18.0 Å². The summed E-state index contributed by atoms with van der Waals surface area (Å²) in [6.07, 6.45) is -0.699. The molecule has 1 atom stereocenters. The zero-order valence-electron chi connectivity index (χ0n) is 17.3. The number of hydrogen-bond acceptors (Lipinski definition) is 6. The van der Waals surface area contributed by atoms with E-state index in [-0.39, 0.29) is 16.7 Å². The number of benzene rings is 2. The van der Waals surface area contributed by atoms with Gasteiger partial charge in [0, 0.05) is 25.7 Å². The Balaban J connectivity index is 1.64. The molecule has 1 fully saturated rings. The number of amides is 2. The number of rotatable bonds is 7. The number of anilines is 2. The van der Waals surface area contributed by atoms with Crippen molar-refractivity contribution < 1.29 is 27.5 Å². The summed E-state index contributed by atoms with van der Waals surface area (Å²) in [5.74, 6) is -0.00152. The molecule has 1 aliphatic heterocycles. The molecule has 0 aromatic heterocycles. The SMILES string of the molecule is CC(=O)Nc1cccc(NS(=O)(=O)c2ccc(O[C@H](C)C(=O)N3CCOCC3)cc2)c1. The molecule has 0 spiro atoms. The summed E-state index contributed by atoms with van der Waals surface area (Å²) in [7, 11) is -3.84. The van der Waals surface area contributed by atoms with E-state index in [2.05, 4.69) is 10.0 Å². The summed E-state index contributed by atoms with van der Waals surface area (Å²) in [6, 6.07) is 12.2. The van der Waals surface area contributed by atoms with Gasteiger partial charge in [0.1, 0.15) is 5.75 Å². The maximum absolute atomic E-state index is 12.7. The normalized spacial score (nSPS) is 15.1. The van der Waals surface area contributed by atoms with Gasteiger partial charge in [0.15, 0.2) is 6.10 Å². The molecule has 2 N–H and O–H groups in total. The summed E-state index contributed by atoms with van der Waals surface area (Å²) in [5, 5.41) is 2.60. The highest BCUT2D eigenvalue weighted by Crippen LogP contribution is 2.22. The van der Waals surface area contributed by atoms with Gasteiger partial charge in [-0.25, -0.2) is 8.42 Å². The first-order chi connectivity index (χ1) is 14.7. The monoisotopic (exact) mass is 447 g/mol. The Hall–Kier alpha value is -3.11. The molecule has 9 nitrogen and oxygen atoms in total. The van der Waals surface area contributed by atoms with E-state index in [0.29, 0.717) is 43.4 Å². The number of carbonyl (C=O) groups excluding carboxylic acids is 2. The minimum absolute atomic E-state index is 0.0388. The topological polar surface area (TPSA) is 114 Å². The molecule has 0 unspecified atom stereocenters. The van der Waals surface area contributed by atoms with Crippen LogP contribution in [0.25, 0.3) is 0 Å². The van der Waals surface area contributed by atoms with Gasteiger partial charge in [-0.1, -0.05) is 6.07 Å². The van der Waals surface area contributed by atoms with Crippen molar-refractivity contribution in [3.63, 3.8) is 0 Å². The van der Waals surface area contributed by atoms with Crippen molar-refractivity contribution in [2.24, 2.45) is 0 Å². The lowest BCUT2D eigenvalue weighted by Crippen LogP contribution is -2.46. The molecule has 31 heavy (non-hydrogen) atoms. The van der Waals surface area contributed by atoms with Gasteiger partial charge in [0.2, 0.25) is 5.91 Å². The van der Waals surface area contributed by atoms with Crippen LogP contribution in [0.5, 0.6) is 5.75 Å². The Morgan fingerprint density at radius 3 is 2.35 bits per heavy atom. The number of hydrogen-bond donors (Lipinski definition) is 2. The van der Waals surface area contributed by atoms with Crippen molar-refractivity contribution in [3.05, 3.63) is 48.5 Å².